The highest BCUT2D eigenvalue weighted by molar-refractivity contribution is 5.91. The van der Waals surface area contributed by atoms with Crippen LogP contribution in [-0.4, -0.2) is 37.8 Å². The average molecular weight is 262 g/mol. The topological polar surface area (TPSA) is 52.6 Å². The third-order valence-corrected chi connectivity index (χ3v) is 2.90. The summed E-state index contributed by atoms with van der Waals surface area (Å²) >= 11 is 0. The maximum Gasteiger partial charge on any atom is 0.244 e. The van der Waals surface area contributed by atoms with Crippen molar-refractivity contribution in [1.29, 1.82) is 0 Å². The molecule has 104 valence electrons. The van der Waals surface area contributed by atoms with Crippen LogP contribution in [0.15, 0.2) is 30.3 Å². The lowest BCUT2D eigenvalue weighted by Crippen LogP contribution is -2.35. The number of hydrogen-bond acceptors (Lipinski definition) is 3. The molecule has 1 aromatic rings. The summed E-state index contributed by atoms with van der Waals surface area (Å²) in [5.41, 5.74) is 2.09. The van der Waals surface area contributed by atoms with Crippen LogP contribution in [0.3, 0.4) is 0 Å². The first-order chi connectivity index (χ1) is 9.06. The summed E-state index contributed by atoms with van der Waals surface area (Å²) < 4.78 is 0. The van der Waals surface area contributed by atoms with E-state index >= 15 is 0 Å². The number of nitrogens with zero attached hydrogens (tertiary/aromatic N) is 1. The Morgan fingerprint density at radius 1 is 1.37 bits per heavy atom. The fraction of sp³-hybridized carbons (Fsp3) is 0.400. The number of carbonyl (C=O) groups is 1. The molecule has 0 fully saturated rings. The van der Waals surface area contributed by atoms with Crippen molar-refractivity contribution in [3.05, 3.63) is 35.9 Å². The van der Waals surface area contributed by atoms with Gasteiger partial charge in [0.15, 0.2) is 0 Å². The van der Waals surface area contributed by atoms with Crippen LogP contribution in [0.4, 0.5) is 5.69 Å². The van der Waals surface area contributed by atoms with E-state index in [0.717, 1.165) is 11.3 Å². The van der Waals surface area contributed by atoms with Gasteiger partial charge in [-0.05, 0) is 30.2 Å². The molecule has 0 aromatic heterocycles. The summed E-state index contributed by atoms with van der Waals surface area (Å²) in [6, 6.07) is 7.75. The molecule has 0 saturated heterocycles. The minimum absolute atomic E-state index is 0.0341. The van der Waals surface area contributed by atoms with Crippen molar-refractivity contribution in [1.82, 2.24) is 5.32 Å². The van der Waals surface area contributed by atoms with Gasteiger partial charge in [-0.3, -0.25) is 4.79 Å². The Kier molecular flexibility index (Phi) is 6.09. The van der Waals surface area contributed by atoms with Gasteiger partial charge in [-0.25, -0.2) is 0 Å². The second-order valence-corrected chi connectivity index (χ2v) is 4.62. The molecule has 2 N–H and O–H groups in total. The van der Waals surface area contributed by atoms with Gasteiger partial charge in [0.05, 0.1) is 12.6 Å². The molecular formula is C15H22N2O2. The van der Waals surface area contributed by atoms with E-state index < -0.39 is 0 Å². The minimum atomic E-state index is -0.183. The smallest absolute Gasteiger partial charge is 0.244 e. The van der Waals surface area contributed by atoms with E-state index in [1.54, 1.807) is 6.08 Å². The molecule has 0 heterocycles. The third kappa shape index (κ3) is 5.14. The molecule has 19 heavy (non-hydrogen) atoms. The molecule has 0 aliphatic carbocycles. The van der Waals surface area contributed by atoms with Gasteiger partial charge in [0, 0.05) is 25.9 Å². The number of aliphatic hydroxyl groups excluding tert-OH is 1. The lowest BCUT2D eigenvalue weighted by Gasteiger charge is -2.12. The molecule has 0 aliphatic rings. The van der Waals surface area contributed by atoms with Crippen molar-refractivity contribution in [2.24, 2.45) is 0 Å². The predicted octanol–water partition coefficient (Wildman–Crippen LogP) is 1.65. The first-order valence-corrected chi connectivity index (χ1v) is 6.43. The molecule has 1 amide bonds. The monoisotopic (exact) mass is 262 g/mol. The van der Waals surface area contributed by atoms with Crippen molar-refractivity contribution < 1.29 is 9.90 Å². The molecule has 1 rings (SSSR count). The standard InChI is InChI=1S/C15H22N2O2/c1-4-13(11-18)16-15(19)10-7-12-5-8-14(9-6-12)17(2)3/h5-10,13,18H,4,11H2,1-3H3,(H,16,19)/b10-7+/t13-/m0/s1. The van der Waals surface area contributed by atoms with E-state index in [0.29, 0.717) is 6.42 Å². The van der Waals surface area contributed by atoms with Crippen molar-refractivity contribution in [3.63, 3.8) is 0 Å². The van der Waals surface area contributed by atoms with E-state index in [9.17, 15) is 4.79 Å². The molecule has 0 unspecified atom stereocenters. The van der Waals surface area contributed by atoms with Crippen molar-refractivity contribution in [3.8, 4) is 0 Å². The Morgan fingerprint density at radius 3 is 2.47 bits per heavy atom. The van der Waals surface area contributed by atoms with E-state index in [1.165, 1.54) is 6.08 Å². The number of nitrogens with one attached hydrogen (secondary N) is 1. The predicted molar refractivity (Wildman–Crippen MR) is 79.1 cm³/mol. The van der Waals surface area contributed by atoms with Crippen LogP contribution in [0.1, 0.15) is 18.9 Å². The fourth-order valence-corrected chi connectivity index (χ4v) is 1.58. The number of benzene rings is 1. The Labute approximate surface area is 114 Å². The van der Waals surface area contributed by atoms with E-state index in [4.69, 9.17) is 5.11 Å². The highest BCUT2D eigenvalue weighted by Crippen LogP contribution is 2.12. The highest BCUT2D eigenvalue weighted by Gasteiger charge is 2.05. The maximum absolute atomic E-state index is 11.6. The SMILES string of the molecule is CC[C@@H](CO)NC(=O)/C=C/c1ccc(N(C)C)cc1. The first kappa shape index (κ1) is 15.2. The molecule has 0 aliphatic heterocycles. The normalized spacial score (nSPS) is 12.4. The average Bonchev–Trinajstić information content (AvgIpc) is 2.43. The largest absolute Gasteiger partial charge is 0.394 e. The summed E-state index contributed by atoms with van der Waals surface area (Å²) in [7, 11) is 3.97. The van der Waals surface area contributed by atoms with Gasteiger partial charge < -0.3 is 15.3 Å². The quantitative estimate of drug-likeness (QED) is 0.767. The Balaban J connectivity index is 2.58. The van der Waals surface area contributed by atoms with Gasteiger partial charge in [0.1, 0.15) is 0 Å². The Hall–Kier alpha value is -1.81. The van der Waals surface area contributed by atoms with Crippen LogP contribution in [0.5, 0.6) is 0 Å². The van der Waals surface area contributed by atoms with Crippen molar-refractivity contribution in [2.75, 3.05) is 25.6 Å². The number of anilines is 1. The molecule has 4 nitrogen and oxygen atoms in total. The second kappa shape index (κ2) is 7.59. The van der Waals surface area contributed by atoms with Crippen molar-refractivity contribution >= 4 is 17.7 Å². The zero-order chi connectivity index (χ0) is 14.3. The maximum atomic E-state index is 11.6. The van der Waals surface area contributed by atoms with Crippen LogP contribution in [0.25, 0.3) is 6.08 Å². The van der Waals surface area contributed by atoms with Crippen LogP contribution in [0, 0.1) is 0 Å². The number of hydrogen-bond donors (Lipinski definition) is 2. The summed E-state index contributed by atoms with van der Waals surface area (Å²) in [5.74, 6) is -0.183. The molecule has 1 atom stereocenters. The highest BCUT2D eigenvalue weighted by atomic mass is 16.3. The van der Waals surface area contributed by atoms with Crippen LogP contribution >= 0.6 is 0 Å². The van der Waals surface area contributed by atoms with E-state index in [2.05, 4.69) is 5.32 Å². The van der Waals surface area contributed by atoms with E-state index in [-0.39, 0.29) is 18.6 Å². The number of amides is 1. The van der Waals surface area contributed by atoms with Crippen LogP contribution in [0.2, 0.25) is 0 Å². The molecule has 0 spiro atoms. The number of carbonyl (C=O) groups excluding carboxylic acids is 1. The van der Waals surface area contributed by atoms with E-state index in [1.807, 2.05) is 50.2 Å². The first-order valence-electron chi connectivity index (χ1n) is 6.43. The summed E-state index contributed by atoms with van der Waals surface area (Å²) in [6.45, 7) is 1.89. The van der Waals surface area contributed by atoms with Crippen LogP contribution < -0.4 is 10.2 Å². The van der Waals surface area contributed by atoms with Gasteiger partial charge in [0.2, 0.25) is 5.91 Å². The minimum Gasteiger partial charge on any atom is -0.394 e. The summed E-state index contributed by atoms with van der Waals surface area (Å²) in [5, 5.41) is 11.7. The Bertz CT molecular complexity index is 420. The Morgan fingerprint density at radius 2 is 2.00 bits per heavy atom. The zero-order valence-electron chi connectivity index (χ0n) is 11.8. The number of rotatable bonds is 6. The lowest BCUT2D eigenvalue weighted by molar-refractivity contribution is -0.117. The lowest BCUT2D eigenvalue weighted by atomic mass is 10.2. The van der Waals surface area contributed by atoms with Gasteiger partial charge >= 0.3 is 0 Å². The van der Waals surface area contributed by atoms with Gasteiger partial charge in [-0.2, -0.15) is 0 Å². The summed E-state index contributed by atoms with van der Waals surface area (Å²) in [4.78, 5) is 13.6. The molecule has 0 saturated carbocycles. The molecule has 0 radical (unpaired) electrons. The van der Waals surface area contributed by atoms with Gasteiger partial charge in [-0.1, -0.05) is 19.1 Å². The van der Waals surface area contributed by atoms with Crippen LogP contribution in [-0.2, 0) is 4.79 Å². The molecule has 4 heteroatoms. The fourth-order valence-electron chi connectivity index (χ4n) is 1.58. The van der Waals surface area contributed by atoms with Gasteiger partial charge in [-0.15, -0.1) is 0 Å². The molecule has 0 bridgehead atoms. The van der Waals surface area contributed by atoms with Gasteiger partial charge in [0.25, 0.3) is 0 Å². The number of aliphatic hydroxyl groups is 1. The third-order valence-electron chi connectivity index (χ3n) is 2.90. The summed E-state index contributed by atoms with van der Waals surface area (Å²) in [6.07, 6.45) is 3.97. The second-order valence-electron chi connectivity index (χ2n) is 4.62. The molecular weight excluding hydrogens is 240 g/mol. The zero-order valence-corrected chi connectivity index (χ0v) is 11.8. The molecule has 1 aromatic carbocycles. The van der Waals surface area contributed by atoms with Crippen molar-refractivity contribution in [2.45, 2.75) is 19.4 Å².